The van der Waals surface area contributed by atoms with Crippen molar-refractivity contribution in [1.82, 2.24) is 20.6 Å². The molecule has 0 saturated carbocycles. The van der Waals surface area contributed by atoms with Crippen molar-refractivity contribution in [3.8, 4) is 0 Å². The highest BCUT2D eigenvalue weighted by Crippen LogP contribution is 2.25. The molecule has 2 atom stereocenters. The normalized spacial score (nSPS) is 19.7. The highest BCUT2D eigenvalue weighted by molar-refractivity contribution is 9.10. The van der Waals surface area contributed by atoms with Crippen molar-refractivity contribution in [2.24, 2.45) is 7.05 Å². The fourth-order valence-corrected chi connectivity index (χ4v) is 3.88. The predicted molar refractivity (Wildman–Crippen MR) is 103 cm³/mol. The highest BCUT2D eigenvalue weighted by atomic mass is 79.9. The van der Waals surface area contributed by atoms with Gasteiger partial charge in [-0.05, 0) is 52.9 Å². The third kappa shape index (κ3) is 4.31. The SMILES string of the molecule is CN(CCCC1CC(c2cccc(F)c2)NN1)c1cnn(C)c(=O)c1Br. The summed E-state index contributed by atoms with van der Waals surface area (Å²) in [6, 6.07) is 7.19. The molecule has 2 unspecified atom stereocenters. The maximum atomic E-state index is 13.4. The van der Waals surface area contributed by atoms with E-state index in [0.717, 1.165) is 37.1 Å². The van der Waals surface area contributed by atoms with Gasteiger partial charge in [0.05, 0.1) is 11.9 Å². The smallest absolute Gasteiger partial charge is 0.282 e. The number of hydrogen-bond acceptors (Lipinski definition) is 5. The number of halogens is 2. The molecule has 0 spiro atoms. The van der Waals surface area contributed by atoms with Crippen LogP contribution in [0.2, 0.25) is 0 Å². The second kappa shape index (κ2) is 8.28. The van der Waals surface area contributed by atoms with Gasteiger partial charge in [-0.1, -0.05) is 12.1 Å². The van der Waals surface area contributed by atoms with Crippen LogP contribution >= 0.6 is 15.9 Å². The van der Waals surface area contributed by atoms with E-state index in [1.54, 1.807) is 25.4 Å². The zero-order chi connectivity index (χ0) is 18.7. The number of rotatable bonds is 6. The van der Waals surface area contributed by atoms with Gasteiger partial charge in [0.15, 0.2) is 0 Å². The van der Waals surface area contributed by atoms with Crippen molar-refractivity contribution >= 4 is 21.6 Å². The van der Waals surface area contributed by atoms with Gasteiger partial charge in [0.1, 0.15) is 10.3 Å². The maximum Gasteiger partial charge on any atom is 0.282 e. The number of nitrogens with zero attached hydrogens (tertiary/aromatic N) is 3. The van der Waals surface area contributed by atoms with E-state index in [9.17, 15) is 9.18 Å². The van der Waals surface area contributed by atoms with Crippen LogP contribution in [0.25, 0.3) is 0 Å². The third-order valence-electron chi connectivity index (χ3n) is 4.75. The van der Waals surface area contributed by atoms with Gasteiger partial charge in [-0.2, -0.15) is 5.10 Å². The molecule has 1 aliphatic rings. The minimum absolute atomic E-state index is 0.129. The van der Waals surface area contributed by atoms with E-state index in [2.05, 4.69) is 31.9 Å². The highest BCUT2D eigenvalue weighted by Gasteiger charge is 2.25. The van der Waals surface area contributed by atoms with E-state index in [1.165, 1.54) is 10.7 Å². The molecule has 0 amide bonds. The predicted octanol–water partition coefficient (Wildman–Crippen LogP) is 2.51. The lowest BCUT2D eigenvalue weighted by Crippen LogP contribution is -2.32. The molecular weight excluding hydrogens is 401 g/mol. The van der Waals surface area contributed by atoms with Crippen molar-refractivity contribution in [2.75, 3.05) is 18.5 Å². The van der Waals surface area contributed by atoms with Crippen molar-refractivity contribution in [3.63, 3.8) is 0 Å². The second-order valence-electron chi connectivity index (χ2n) is 6.67. The molecule has 26 heavy (non-hydrogen) atoms. The quantitative estimate of drug-likeness (QED) is 0.747. The Morgan fingerprint density at radius 2 is 2.23 bits per heavy atom. The first-order valence-electron chi connectivity index (χ1n) is 8.65. The summed E-state index contributed by atoms with van der Waals surface area (Å²) < 4.78 is 15.2. The molecule has 2 heterocycles. The Hall–Kier alpha value is -1.77. The van der Waals surface area contributed by atoms with Gasteiger partial charge >= 0.3 is 0 Å². The van der Waals surface area contributed by atoms with E-state index in [0.29, 0.717) is 10.5 Å². The molecule has 2 aromatic rings. The molecule has 3 rings (SSSR count). The van der Waals surface area contributed by atoms with Gasteiger partial charge in [0, 0.05) is 32.7 Å². The molecule has 8 heteroatoms. The topological polar surface area (TPSA) is 62.2 Å². The summed E-state index contributed by atoms with van der Waals surface area (Å²) in [4.78, 5) is 14.0. The molecule has 1 fully saturated rings. The average molecular weight is 424 g/mol. The van der Waals surface area contributed by atoms with E-state index in [4.69, 9.17) is 0 Å². The zero-order valence-corrected chi connectivity index (χ0v) is 16.5. The van der Waals surface area contributed by atoms with E-state index < -0.39 is 0 Å². The Bertz CT molecular complexity index is 827. The molecule has 140 valence electrons. The van der Waals surface area contributed by atoms with E-state index in [-0.39, 0.29) is 17.4 Å². The van der Waals surface area contributed by atoms with Crippen molar-refractivity contribution < 1.29 is 4.39 Å². The van der Waals surface area contributed by atoms with Gasteiger partial charge in [-0.15, -0.1) is 0 Å². The summed E-state index contributed by atoms with van der Waals surface area (Å²) in [5.41, 5.74) is 8.17. The van der Waals surface area contributed by atoms with Gasteiger partial charge < -0.3 is 4.90 Å². The maximum absolute atomic E-state index is 13.4. The number of benzene rings is 1. The molecule has 1 aromatic heterocycles. The second-order valence-corrected chi connectivity index (χ2v) is 7.46. The summed E-state index contributed by atoms with van der Waals surface area (Å²) in [5, 5.41) is 4.08. The molecular formula is C18H23BrFN5O. The van der Waals surface area contributed by atoms with Crippen LogP contribution in [0, 0.1) is 5.82 Å². The Balaban J connectivity index is 1.50. The van der Waals surface area contributed by atoms with Crippen LogP contribution < -0.4 is 21.3 Å². The number of hydrazine groups is 1. The Labute approximate surface area is 160 Å². The third-order valence-corrected chi connectivity index (χ3v) is 5.50. The first-order chi connectivity index (χ1) is 12.5. The van der Waals surface area contributed by atoms with Gasteiger partial charge in [-0.3, -0.25) is 15.6 Å². The van der Waals surface area contributed by atoms with Crippen molar-refractivity contribution in [2.45, 2.75) is 31.3 Å². The lowest BCUT2D eigenvalue weighted by Gasteiger charge is -2.21. The van der Waals surface area contributed by atoms with Gasteiger partial charge in [0.25, 0.3) is 5.56 Å². The summed E-state index contributed by atoms with van der Waals surface area (Å²) >= 11 is 3.36. The largest absolute Gasteiger partial charge is 0.372 e. The standard InChI is InChI=1S/C18H23BrFN5O/c1-24(16-11-21-25(2)18(26)17(16)19)8-4-7-14-10-15(23-22-14)12-5-3-6-13(20)9-12/h3,5-6,9,11,14-15,22-23H,4,7-8,10H2,1-2H3. The zero-order valence-electron chi connectivity index (χ0n) is 14.9. The number of nitrogens with one attached hydrogen (secondary N) is 2. The fourth-order valence-electron chi connectivity index (χ4n) is 3.22. The minimum Gasteiger partial charge on any atom is -0.372 e. The van der Waals surface area contributed by atoms with Crippen LogP contribution in [0.3, 0.4) is 0 Å². The number of hydrogen-bond donors (Lipinski definition) is 2. The fraction of sp³-hybridized carbons (Fsp3) is 0.444. The Kier molecular flexibility index (Phi) is 6.05. The van der Waals surface area contributed by atoms with Gasteiger partial charge in [0.2, 0.25) is 0 Å². The number of aryl methyl sites for hydroxylation is 1. The Morgan fingerprint density at radius 1 is 1.42 bits per heavy atom. The number of anilines is 1. The van der Waals surface area contributed by atoms with Crippen LogP contribution in [-0.4, -0.2) is 29.4 Å². The van der Waals surface area contributed by atoms with Crippen LogP contribution in [-0.2, 0) is 7.05 Å². The first-order valence-corrected chi connectivity index (χ1v) is 9.44. The molecule has 0 radical (unpaired) electrons. The lowest BCUT2D eigenvalue weighted by molar-refractivity contribution is 0.502. The van der Waals surface area contributed by atoms with Crippen molar-refractivity contribution in [3.05, 3.63) is 56.7 Å². The summed E-state index contributed by atoms with van der Waals surface area (Å²) in [5.74, 6) is -0.206. The number of aromatic nitrogens is 2. The first kappa shape index (κ1) is 19.0. The molecule has 0 aliphatic carbocycles. The minimum atomic E-state index is -0.206. The Morgan fingerprint density at radius 3 is 3.00 bits per heavy atom. The van der Waals surface area contributed by atoms with Crippen LogP contribution in [0.15, 0.2) is 39.7 Å². The van der Waals surface area contributed by atoms with Gasteiger partial charge in [-0.25, -0.2) is 9.07 Å². The van der Waals surface area contributed by atoms with Crippen LogP contribution in [0.5, 0.6) is 0 Å². The summed E-state index contributed by atoms with van der Waals surface area (Å²) in [6.45, 7) is 0.816. The molecule has 0 bridgehead atoms. The molecule has 1 saturated heterocycles. The van der Waals surface area contributed by atoms with Crippen LogP contribution in [0.1, 0.15) is 30.9 Å². The van der Waals surface area contributed by atoms with E-state index in [1.807, 2.05) is 18.0 Å². The van der Waals surface area contributed by atoms with Crippen molar-refractivity contribution in [1.29, 1.82) is 0 Å². The monoisotopic (exact) mass is 423 g/mol. The molecule has 1 aromatic carbocycles. The van der Waals surface area contributed by atoms with E-state index >= 15 is 0 Å². The van der Waals surface area contributed by atoms with Crippen LogP contribution in [0.4, 0.5) is 10.1 Å². The average Bonchev–Trinajstić information content (AvgIpc) is 3.08. The summed E-state index contributed by atoms with van der Waals surface area (Å²) in [7, 11) is 3.59. The lowest BCUT2D eigenvalue weighted by atomic mass is 9.99. The molecule has 6 nitrogen and oxygen atoms in total. The molecule has 2 N–H and O–H groups in total. The molecule has 1 aliphatic heterocycles. The summed E-state index contributed by atoms with van der Waals surface area (Å²) in [6.07, 6.45) is 4.57.